The fourth-order valence-electron chi connectivity index (χ4n) is 6.46. The van der Waals surface area contributed by atoms with E-state index in [4.69, 9.17) is 24.3 Å². The third-order valence-electron chi connectivity index (χ3n) is 9.23. The van der Waals surface area contributed by atoms with Crippen LogP contribution in [0.4, 0.5) is 15.3 Å². The van der Waals surface area contributed by atoms with E-state index in [1.54, 1.807) is 19.1 Å². The quantitative estimate of drug-likeness (QED) is 0.245. The summed E-state index contributed by atoms with van der Waals surface area (Å²) in [5.74, 6) is 2.52. The fourth-order valence-corrected chi connectivity index (χ4v) is 6.84. The molecule has 5 rings (SSSR count). The normalized spacial score (nSPS) is 22.8. The molecule has 1 aromatic carbocycles. The first-order chi connectivity index (χ1) is 20.3. The number of aromatic nitrogens is 2. The lowest BCUT2D eigenvalue weighted by Crippen LogP contribution is -2.50. The summed E-state index contributed by atoms with van der Waals surface area (Å²) < 4.78 is 32.3. The molecule has 1 saturated heterocycles. The van der Waals surface area contributed by atoms with Crippen LogP contribution in [0.2, 0.25) is 0 Å². The third-order valence-corrected chi connectivity index (χ3v) is 9.66. The minimum absolute atomic E-state index is 0.0260. The highest BCUT2D eigenvalue weighted by molar-refractivity contribution is 7.92. The molecule has 4 atom stereocenters. The first-order valence-electron chi connectivity index (χ1n) is 15.1. The van der Waals surface area contributed by atoms with Gasteiger partial charge in [-0.05, 0) is 68.6 Å². The van der Waals surface area contributed by atoms with Crippen LogP contribution in [0.1, 0.15) is 56.1 Å². The van der Waals surface area contributed by atoms with Crippen molar-refractivity contribution in [3.05, 3.63) is 34.6 Å². The van der Waals surface area contributed by atoms with Crippen molar-refractivity contribution in [2.24, 2.45) is 22.7 Å². The van der Waals surface area contributed by atoms with Gasteiger partial charge in [-0.1, -0.05) is 20.3 Å². The fraction of sp³-hybridized carbons (Fsp3) is 0.645. The molecule has 0 bridgehead atoms. The van der Waals surface area contributed by atoms with Gasteiger partial charge in [0, 0.05) is 32.8 Å². The zero-order chi connectivity index (χ0) is 30.0. The molecule has 1 amide bonds. The van der Waals surface area contributed by atoms with Crippen molar-refractivity contribution in [1.29, 1.82) is 0 Å². The molecule has 42 heavy (non-hydrogen) atoms. The highest BCUT2D eigenvalue weighted by atomic mass is 32.2. The molecule has 9 nitrogen and oxygen atoms in total. The van der Waals surface area contributed by atoms with E-state index in [0.717, 1.165) is 66.3 Å². The van der Waals surface area contributed by atoms with Gasteiger partial charge in [-0.2, -0.15) is 9.19 Å². The molecule has 2 heterocycles. The van der Waals surface area contributed by atoms with Gasteiger partial charge in [-0.15, -0.1) is 3.89 Å². The Morgan fingerprint density at radius 3 is 2.69 bits per heavy atom. The summed E-state index contributed by atoms with van der Waals surface area (Å²) in [6, 6.07) is 3.57. The number of likely N-dealkylation sites (N-methyl/N-ethyl adjacent to an activating group) is 1. The minimum Gasteiger partial charge on any atom is -0.489 e. The van der Waals surface area contributed by atoms with Crippen molar-refractivity contribution in [1.82, 2.24) is 14.1 Å². The van der Waals surface area contributed by atoms with E-state index in [0.29, 0.717) is 62.0 Å². The van der Waals surface area contributed by atoms with E-state index >= 15 is 0 Å². The summed E-state index contributed by atoms with van der Waals surface area (Å²) in [6.07, 6.45) is 3.39. The Kier molecular flexibility index (Phi) is 9.92. The predicted octanol–water partition coefficient (Wildman–Crippen LogP) is 5.18. The number of aliphatic imine (C=N–C) groups is 1. The van der Waals surface area contributed by atoms with E-state index in [9.17, 15) is 8.68 Å². The molecule has 230 valence electrons. The molecular formula is C31H44FN5O4S. The van der Waals surface area contributed by atoms with Gasteiger partial charge in [0.15, 0.2) is 12.3 Å². The molecule has 11 heteroatoms. The molecule has 3 aliphatic rings. The first-order valence-corrected chi connectivity index (χ1v) is 15.8. The lowest BCUT2D eigenvalue weighted by atomic mass is 9.93. The molecule has 2 aromatic rings. The smallest absolute Gasteiger partial charge is 0.243 e. The number of methoxy groups -OCH3 is 1. The SMILES string of the molecule is CCC/C(=N\c1cc(N(C)C(=O)C(C)N2CCOCC2)c(OCCOC)cc1C)c1nn(SF)c2c1CC1C(C)C1C2. The van der Waals surface area contributed by atoms with Crippen molar-refractivity contribution in [2.75, 3.05) is 58.6 Å². The number of hydrogen-bond donors (Lipinski definition) is 0. The molecule has 0 spiro atoms. The van der Waals surface area contributed by atoms with Crippen molar-refractivity contribution >= 4 is 35.3 Å². The van der Waals surface area contributed by atoms with Crippen molar-refractivity contribution in [2.45, 2.75) is 59.4 Å². The van der Waals surface area contributed by atoms with Crippen LogP contribution >= 0.6 is 12.3 Å². The number of carbonyl (C=O) groups excluding carboxylic acids is 1. The number of fused-ring (bicyclic) bond motifs is 2. The van der Waals surface area contributed by atoms with Crippen LogP contribution in [-0.4, -0.2) is 85.4 Å². The van der Waals surface area contributed by atoms with E-state index in [1.807, 2.05) is 26.0 Å². The number of anilines is 1. The summed E-state index contributed by atoms with van der Waals surface area (Å²) in [5, 5.41) is 4.72. The summed E-state index contributed by atoms with van der Waals surface area (Å²) >= 11 is 0.174. The van der Waals surface area contributed by atoms with Crippen LogP contribution in [0.15, 0.2) is 17.1 Å². The molecule has 1 aliphatic heterocycles. The van der Waals surface area contributed by atoms with Crippen LogP contribution in [-0.2, 0) is 27.1 Å². The van der Waals surface area contributed by atoms with E-state index < -0.39 is 0 Å². The number of hydrogen-bond acceptors (Lipinski definition) is 8. The van der Waals surface area contributed by atoms with Crippen molar-refractivity contribution < 1.29 is 22.9 Å². The highest BCUT2D eigenvalue weighted by Gasteiger charge is 2.51. The van der Waals surface area contributed by atoms with Crippen molar-refractivity contribution in [3.8, 4) is 5.75 Å². The number of ether oxygens (including phenoxy) is 3. The Bertz CT molecular complexity index is 1310. The average molecular weight is 602 g/mol. The standard InChI is InChI=1S/C31H44FN5O4S/c1-7-8-25(30-24-16-22-20(3)23(22)17-27(24)37(34-30)42-32)33-26-18-28(29(15-19(26)2)41-14-13-39-6)35(5)31(38)21(4)36-9-11-40-12-10-36/h15,18,20-23H,7-14,16-17H2,1-6H3/b33-25+. The van der Waals surface area contributed by atoms with Gasteiger partial charge in [-0.3, -0.25) is 14.7 Å². The predicted molar refractivity (Wildman–Crippen MR) is 165 cm³/mol. The lowest BCUT2D eigenvalue weighted by molar-refractivity contribution is -0.124. The van der Waals surface area contributed by atoms with Crippen LogP contribution in [0, 0.1) is 24.7 Å². The second kappa shape index (κ2) is 13.4. The Morgan fingerprint density at radius 2 is 2.00 bits per heavy atom. The summed E-state index contributed by atoms with van der Waals surface area (Å²) in [7, 11) is 3.42. The Morgan fingerprint density at radius 1 is 1.26 bits per heavy atom. The average Bonchev–Trinajstić information content (AvgIpc) is 3.48. The number of carbonyl (C=O) groups is 1. The second-order valence-corrected chi connectivity index (χ2v) is 12.3. The molecule has 0 radical (unpaired) electrons. The van der Waals surface area contributed by atoms with Gasteiger partial charge in [0.05, 0.1) is 48.6 Å². The maximum atomic E-state index is 14.0. The molecule has 0 N–H and O–H groups in total. The van der Waals surface area contributed by atoms with Gasteiger partial charge in [0.1, 0.15) is 18.1 Å². The van der Waals surface area contributed by atoms with Gasteiger partial charge in [0.2, 0.25) is 5.91 Å². The number of benzene rings is 1. The highest BCUT2D eigenvalue weighted by Crippen LogP contribution is 2.54. The van der Waals surface area contributed by atoms with Gasteiger partial charge in [0.25, 0.3) is 0 Å². The molecule has 2 aliphatic carbocycles. The number of rotatable bonds is 12. The molecule has 4 unspecified atom stereocenters. The topological polar surface area (TPSA) is 81.4 Å². The first kappa shape index (κ1) is 31.0. The zero-order valence-electron chi connectivity index (χ0n) is 25.7. The maximum Gasteiger partial charge on any atom is 0.243 e. The van der Waals surface area contributed by atoms with Gasteiger partial charge in [-0.25, -0.2) is 0 Å². The molecule has 1 saturated carbocycles. The van der Waals surface area contributed by atoms with Gasteiger partial charge >= 0.3 is 0 Å². The van der Waals surface area contributed by atoms with E-state index in [1.165, 1.54) is 4.09 Å². The van der Waals surface area contributed by atoms with Crippen LogP contribution in [0.5, 0.6) is 5.75 Å². The van der Waals surface area contributed by atoms with Crippen molar-refractivity contribution in [3.63, 3.8) is 0 Å². The van der Waals surface area contributed by atoms with Gasteiger partial charge < -0.3 is 19.1 Å². The molecular weight excluding hydrogens is 557 g/mol. The van der Waals surface area contributed by atoms with Crippen LogP contribution in [0.3, 0.4) is 0 Å². The number of halogens is 1. The number of nitrogens with zero attached hydrogens (tertiary/aromatic N) is 5. The summed E-state index contributed by atoms with van der Waals surface area (Å²) in [5.41, 5.74) is 6.11. The number of amides is 1. The van der Waals surface area contributed by atoms with E-state index in [-0.39, 0.29) is 24.3 Å². The minimum atomic E-state index is -0.308. The maximum absolute atomic E-state index is 14.0. The Hall–Kier alpha value is -2.47. The third kappa shape index (κ3) is 6.25. The number of morpholine rings is 1. The summed E-state index contributed by atoms with van der Waals surface area (Å²) in [6.45, 7) is 11.8. The lowest BCUT2D eigenvalue weighted by Gasteiger charge is -2.34. The zero-order valence-corrected chi connectivity index (χ0v) is 26.5. The largest absolute Gasteiger partial charge is 0.489 e. The summed E-state index contributed by atoms with van der Waals surface area (Å²) in [4.78, 5) is 22.7. The Balaban J connectivity index is 1.52. The number of aryl methyl sites for hydroxylation is 1. The van der Waals surface area contributed by atoms with Crippen LogP contribution < -0.4 is 9.64 Å². The monoisotopic (exact) mass is 601 g/mol. The van der Waals surface area contributed by atoms with Crippen LogP contribution in [0.25, 0.3) is 0 Å². The Labute approximate surface area is 253 Å². The second-order valence-electron chi connectivity index (χ2n) is 11.8. The van der Waals surface area contributed by atoms with E-state index in [2.05, 4.69) is 18.7 Å². The molecule has 1 aromatic heterocycles. The molecule has 2 fully saturated rings.